The quantitative estimate of drug-likeness (QED) is 0.732. The Hall–Kier alpha value is -3.26. The van der Waals surface area contributed by atoms with Crippen LogP contribution in [0.1, 0.15) is 6.92 Å². The van der Waals surface area contributed by atoms with Gasteiger partial charge in [-0.1, -0.05) is 24.3 Å². The molecule has 6 nitrogen and oxygen atoms in total. The standard InChI is InChI=1S/C20H16FN3O3S/c1-12(25)24-10-18(27-17-8-3-2-7-16(17)24)19(26)23-20-22-15(11-28-20)13-5-4-6-14(21)9-13/h2-9,11,18H,10H2,1H3,(H,22,23,26). The predicted molar refractivity (Wildman–Crippen MR) is 105 cm³/mol. The molecular formula is C20H16FN3O3S. The lowest BCUT2D eigenvalue weighted by atomic mass is 10.1. The van der Waals surface area contributed by atoms with Crippen LogP contribution >= 0.6 is 11.3 Å². The molecule has 0 radical (unpaired) electrons. The number of nitrogens with one attached hydrogen (secondary N) is 1. The summed E-state index contributed by atoms with van der Waals surface area (Å²) in [6, 6.07) is 13.2. The van der Waals surface area contributed by atoms with E-state index in [1.807, 2.05) is 6.07 Å². The Kier molecular flexibility index (Phi) is 4.79. The van der Waals surface area contributed by atoms with Gasteiger partial charge in [-0.2, -0.15) is 0 Å². The van der Waals surface area contributed by atoms with Gasteiger partial charge in [-0.3, -0.25) is 14.9 Å². The number of rotatable bonds is 3. The average Bonchev–Trinajstić information content (AvgIpc) is 3.15. The number of fused-ring (bicyclic) bond motifs is 1. The van der Waals surface area contributed by atoms with Gasteiger partial charge in [0.25, 0.3) is 5.91 Å². The number of hydrogen-bond acceptors (Lipinski definition) is 5. The zero-order valence-electron chi connectivity index (χ0n) is 14.9. The van der Waals surface area contributed by atoms with Crippen LogP contribution in [0, 0.1) is 5.82 Å². The zero-order chi connectivity index (χ0) is 19.7. The summed E-state index contributed by atoms with van der Waals surface area (Å²) < 4.78 is 19.2. The molecule has 1 N–H and O–H groups in total. The minimum absolute atomic E-state index is 0.111. The highest BCUT2D eigenvalue weighted by atomic mass is 32.1. The second-order valence-corrected chi connectivity index (χ2v) is 7.10. The number of ether oxygens (including phenoxy) is 1. The Morgan fingerprint density at radius 1 is 1.25 bits per heavy atom. The van der Waals surface area contributed by atoms with Crippen LogP contribution in [0.3, 0.4) is 0 Å². The highest BCUT2D eigenvalue weighted by Crippen LogP contribution is 2.33. The van der Waals surface area contributed by atoms with Crippen molar-refractivity contribution in [3.8, 4) is 17.0 Å². The van der Waals surface area contributed by atoms with Crippen LogP contribution in [0.25, 0.3) is 11.3 Å². The lowest BCUT2D eigenvalue weighted by Gasteiger charge is -2.33. The number of carbonyl (C=O) groups is 2. The van der Waals surface area contributed by atoms with Crippen LogP contribution in [-0.4, -0.2) is 29.4 Å². The highest BCUT2D eigenvalue weighted by molar-refractivity contribution is 7.14. The monoisotopic (exact) mass is 397 g/mol. The fourth-order valence-electron chi connectivity index (χ4n) is 2.97. The van der Waals surface area contributed by atoms with Gasteiger partial charge >= 0.3 is 0 Å². The number of thiazole rings is 1. The van der Waals surface area contributed by atoms with E-state index in [0.29, 0.717) is 27.8 Å². The molecule has 1 aliphatic rings. The number of nitrogens with zero attached hydrogens (tertiary/aromatic N) is 2. The fraction of sp³-hybridized carbons (Fsp3) is 0.150. The van der Waals surface area contributed by atoms with Gasteiger partial charge < -0.3 is 9.64 Å². The molecule has 1 unspecified atom stereocenters. The van der Waals surface area contributed by atoms with Crippen LogP contribution in [0.2, 0.25) is 0 Å². The maximum atomic E-state index is 13.4. The molecule has 0 aliphatic carbocycles. The van der Waals surface area contributed by atoms with Gasteiger partial charge in [-0.25, -0.2) is 9.37 Å². The van der Waals surface area contributed by atoms with Gasteiger partial charge in [0, 0.05) is 17.9 Å². The molecule has 142 valence electrons. The molecule has 0 saturated heterocycles. The first-order valence-electron chi connectivity index (χ1n) is 8.57. The number of hydrogen-bond donors (Lipinski definition) is 1. The van der Waals surface area contributed by atoms with Crippen molar-refractivity contribution in [1.82, 2.24) is 4.98 Å². The second kappa shape index (κ2) is 7.40. The van der Waals surface area contributed by atoms with E-state index in [9.17, 15) is 14.0 Å². The van der Waals surface area contributed by atoms with Gasteiger partial charge in [-0.15, -0.1) is 11.3 Å². The van der Waals surface area contributed by atoms with E-state index >= 15 is 0 Å². The van der Waals surface area contributed by atoms with Crippen molar-refractivity contribution in [1.29, 1.82) is 0 Å². The number of aromatic nitrogens is 1. The summed E-state index contributed by atoms with van der Waals surface area (Å²) in [5, 5.41) is 4.83. The third-order valence-electron chi connectivity index (χ3n) is 4.30. The van der Waals surface area contributed by atoms with E-state index in [2.05, 4.69) is 10.3 Å². The van der Waals surface area contributed by atoms with Crippen LogP contribution in [0.4, 0.5) is 15.2 Å². The Morgan fingerprint density at radius 3 is 2.86 bits per heavy atom. The van der Waals surface area contributed by atoms with Crippen molar-refractivity contribution >= 4 is 34.0 Å². The number of benzene rings is 2. The average molecular weight is 397 g/mol. The molecule has 8 heteroatoms. The van der Waals surface area contributed by atoms with E-state index < -0.39 is 12.0 Å². The molecule has 3 aromatic rings. The van der Waals surface area contributed by atoms with Crippen LogP contribution < -0.4 is 15.0 Å². The van der Waals surface area contributed by atoms with Crippen molar-refractivity contribution < 1.29 is 18.7 Å². The lowest BCUT2D eigenvalue weighted by molar-refractivity contribution is -0.123. The molecule has 0 fully saturated rings. The lowest BCUT2D eigenvalue weighted by Crippen LogP contribution is -2.48. The Bertz CT molecular complexity index is 1050. The molecule has 4 rings (SSSR count). The SMILES string of the molecule is CC(=O)N1CC(C(=O)Nc2nc(-c3cccc(F)c3)cs2)Oc2ccccc21. The third kappa shape index (κ3) is 3.59. The van der Waals surface area contributed by atoms with Crippen molar-refractivity contribution in [2.75, 3.05) is 16.8 Å². The summed E-state index contributed by atoms with van der Waals surface area (Å²) in [6.07, 6.45) is -0.861. The molecule has 2 heterocycles. The third-order valence-corrected chi connectivity index (χ3v) is 5.06. The molecule has 0 saturated carbocycles. The van der Waals surface area contributed by atoms with E-state index in [4.69, 9.17) is 4.74 Å². The molecule has 0 spiro atoms. The van der Waals surface area contributed by atoms with Crippen molar-refractivity contribution in [2.24, 2.45) is 0 Å². The molecule has 1 aliphatic heterocycles. The molecule has 2 amide bonds. The van der Waals surface area contributed by atoms with Crippen LogP contribution in [-0.2, 0) is 9.59 Å². The summed E-state index contributed by atoms with van der Waals surface area (Å²) in [5.74, 6) is -0.449. The molecular weight excluding hydrogens is 381 g/mol. The Balaban J connectivity index is 1.51. The zero-order valence-corrected chi connectivity index (χ0v) is 15.7. The number of amides is 2. The maximum Gasteiger partial charge on any atom is 0.269 e. The Morgan fingerprint density at radius 2 is 2.07 bits per heavy atom. The molecule has 2 aromatic carbocycles. The summed E-state index contributed by atoms with van der Waals surface area (Å²) in [5.41, 5.74) is 1.84. The summed E-state index contributed by atoms with van der Waals surface area (Å²) in [6.45, 7) is 1.56. The highest BCUT2D eigenvalue weighted by Gasteiger charge is 2.32. The maximum absolute atomic E-state index is 13.4. The van der Waals surface area contributed by atoms with Crippen molar-refractivity contribution in [3.05, 3.63) is 59.7 Å². The van der Waals surface area contributed by atoms with Gasteiger partial charge in [0.05, 0.1) is 17.9 Å². The number of halogens is 1. The van der Waals surface area contributed by atoms with Gasteiger partial charge in [-0.05, 0) is 24.3 Å². The molecule has 1 atom stereocenters. The first-order valence-corrected chi connectivity index (χ1v) is 9.45. The first kappa shape index (κ1) is 18.1. The van der Waals surface area contributed by atoms with E-state index in [0.717, 1.165) is 0 Å². The first-order chi connectivity index (χ1) is 13.5. The smallest absolute Gasteiger partial charge is 0.269 e. The number of carbonyl (C=O) groups excluding carboxylic acids is 2. The second-order valence-electron chi connectivity index (χ2n) is 6.24. The van der Waals surface area contributed by atoms with Crippen LogP contribution in [0.5, 0.6) is 5.75 Å². The van der Waals surface area contributed by atoms with Crippen molar-refractivity contribution in [3.63, 3.8) is 0 Å². The topological polar surface area (TPSA) is 71.5 Å². The fourth-order valence-corrected chi connectivity index (χ4v) is 3.69. The summed E-state index contributed by atoms with van der Waals surface area (Å²) in [7, 11) is 0. The number of anilines is 2. The van der Waals surface area contributed by atoms with Crippen LogP contribution in [0.15, 0.2) is 53.9 Å². The van der Waals surface area contributed by atoms with Gasteiger partial charge in [0.15, 0.2) is 11.2 Å². The summed E-state index contributed by atoms with van der Waals surface area (Å²) in [4.78, 5) is 30.5. The van der Waals surface area contributed by atoms with Crippen molar-refractivity contribution in [2.45, 2.75) is 13.0 Å². The van der Waals surface area contributed by atoms with E-state index in [1.165, 1.54) is 35.3 Å². The largest absolute Gasteiger partial charge is 0.476 e. The summed E-state index contributed by atoms with van der Waals surface area (Å²) >= 11 is 1.23. The molecule has 28 heavy (non-hydrogen) atoms. The Labute approximate surface area is 164 Å². The van der Waals surface area contributed by atoms with E-state index in [-0.39, 0.29) is 18.3 Å². The number of para-hydroxylation sites is 2. The predicted octanol–water partition coefficient (Wildman–Crippen LogP) is 3.70. The minimum Gasteiger partial charge on any atom is -0.476 e. The molecule has 0 bridgehead atoms. The normalized spacial score (nSPS) is 15.5. The van der Waals surface area contributed by atoms with Gasteiger partial charge in [0.2, 0.25) is 5.91 Å². The van der Waals surface area contributed by atoms with Gasteiger partial charge in [0.1, 0.15) is 11.6 Å². The molecule has 1 aromatic heterocycles. The minimum atomic E-state index is -0.861. The van der Waals surface area contributed by atoms with E-state index in [1.54, 1.807) is 35.7 Å².